The molecule has 1 rings (SSSR count). The molecular formula is C6H14ClNO5. The Morgan fingerprint density at radius 1 is 1.15 bits per heavy atom. The van der Waals surface area contributed by atoms with Crippen LogP contribution < -0.4 is 5.73 Å². The van der Waals surface area contributed by atoms with Crippen molar-refractivity contribution in [2.45, 2.75) is 30.6 Å². The van der Waals surface area contributed by atoms with Crippen molar-refractivity contribution in [3.63, 3.8) is 0 Å². The zero-order valence-electron chi connectivity index (χ0n) is 6.78. The van der Waals surface area contributed by atoms with Crippen LogP contribution in [0.15, 0.2) is 0 Å². The van der Waals surface area contributed by atoms with E-state index in [2.05, 4.69) is 4.74 Å². The first-order chi connectivity index (χ1) is 5.57. The summed E-state index contributed by atoms with van der Waals surface area (Å²) in [5.74, 6) is 0. The lowest BCUT2D eigenvalue weighted by atomic mass is 9.97. The normalized spacial score (nSPS) is 45.5. The van der Waals surface area contributed by atoms with Crippen LogP contribution in [0.1, 0.15) is 0 Å². The molecule has 1 heterocycles. The smallest absolute Gasteiger partial charge is 0.183 e. The fraction of sp³-hybridized carbons (Fsp3) is 1.00. The van der Waals surface area contributed by atoms with E-state index in [-0.39, 0.29) is 12.4 Å². The van der Waals surface area contributed by atoms with Gasteiger partial charge in [-0.25, -0.2) is 0 Å². The van der Waals surface area contributed by atoms with E-state index < -0.39 is 37.3 Å². The SMILES string of the molecule is Cl.N[C@@H]1C(O)C(O)OC(CO)[C@H]1O. The second-order valence-electron chi connectivity index (χ2n) is 2.81. The number of aliphatic hydroxyl groups excluding tert-OH is 4. The molecule has 0 saturated carbocycles. The van der Waals surface area contributed by atoms with Gasteiger partial charge >= 0.3 is 0 Å². The molecule has 1 fully saturated rings. The van der Waals surface area contributed by atoms with E-state index in [0.717, 1.165) is 0 Å². The first kappa shape index (κ1) is 13.1. The number of rotatable bonds is 1. The molecule has 0 amide bonds. The van der Waals surface area contributed by atoms with Crippen molar-refractivity contribution in [3.8, 4) is 0 Å². The Bertz CT molecular complexity index is 155. The summed E-state index contributed by atoms with van der Waals surface area (Å²) >= 11 is 0. The molecule has 3 unspecified atom stereocenters. The summed E-state index contributed by atoms with van der Waals surface area (Å²) in [5.41, 5.74) is 5.33. The van der Waals surface area contributed by atoms with Crippen molar-refractivity contribution in [1.82, 2.24) is 0 Å². The van der Waals surface area contributed by atoms with Crippen LogP contribution in [0.2, 0.25) is 0 Å². The Morgan fingerprint density at radius 3 is 2.15 bits per heavy atom. The van der Waals surface area contributed by atoms with E-state index >= 15 is 0 Å². The van der Waals surface area contributed by atoms with Gasteiger partial charge in [0.1, 0.15) is 18.3 Å². The molecule has 0 aromatic heterocycles. The molecule has 80 valence electrons. The fourth-order valence-corrected chi connectivity index (χ4v) is 1.13. The predicted molar refractivity (Wildman–Crippen MR) is 45.2 cm³/mol. The average Bonchev–Trinajstić information content (AvgIpc) is 2.08. The van der Waals surface area contributed by atoms with Gasteiger partial charge in [0, 0.05) is 0 Å². The fourth-order valence-electron chi connectivity index (χ4n) is 1.13. The van der Waals surface area contributed by atoms with Crippen LogP contribution in [0.25, 0.3) is 0 Å². The van der Waals surface area contributed by atoms with E-state index in [1.165, 1.54) is 0 Å². The number of ether oxygens (including phenoxy) is 1. The molecule has 5 atom stereocenters. The van der Waals surface area contributed by atoms with Gasteiger partial charge in [-0.1, -0.05) is 0 Å². The molecule has 0 aromatic carbocycles. The van der Waals surface area contributed by atoms with Crippen LogP contribution in [0.5, 0.6) is 0 Å². The van der Waals surface area contributed by atoms with Crippen LogP contribution in [-0.4, -0.2) is 57.7 Å². The zero-order chi connectivity index (χ0) is 9.30. The zero-order valence-corrected chi connectivity index (χ0v) is 7.59. The third kappa shape index (κ3) is 2.50. The third-order valence-electron chi connectivity index (χ3n) is 1.96. The van der Waals surface area contributed by atoms with E-state index in [4.69, 9.17) is 21.1 Å². The third-order valence-corrected chi connectivity index (χ3v) is 1.96. The lowest BCUT2D eigenvalue weighted by Gasteiger charge is -2.38. The summed E-state index contributed by atoms with van der Waals surface area (Å²) < 4.78 is 4.66. The van der Waals surface area contributed by atoms with E-state index in [1.54, 1.807) is 0 Å². The van der Waals surface area contributed by atoms with Gasteiger partial charge in [-0.3, -0.25) is 0 Å². The number of nitrogens with two attached hydrogens (primary N) is 1. The van der Waals surface area contributed by atoms with E-state index in [9.17, 15) is 5.11 Å². The minimum atomic E-state index is -1.44. The largest absolute Gasteiger partial charge is 0.394 e. The maximum atomic E-state index is 9.24. The summed E-state index contributed by atoms with van der Waals surface area (Å²) in [4.78, 5) is 0. The monoisotopic (exact) mass is 215 g/mol. The minimum Gasteiger partial charge on any atom is -0.394 e. The summed E-state index contributed by atoms with van der Waals surface area (Å²) in [6, 6.07) is -0.995. The average molecular weight is 216 g/mol. The maximum Gasteiger partial charge on any atom is 0.183 e. The Kier molecular flexibility index (Phi) is 5.08. The van der Waals surface area contributed by atoms with Crippen LogP contribution in [0.4, 0.5) is 0 Å². The van der Waals surface area contributed by atoms with Gasteiger partial charge in [-0.05, 0) is 0 Å². The molecule has 13 heavy (non-hydrogen) atoms. The van der Waals surface area contributed by atoms with Crippen molar-refractivity contribution in [1.29, 1.82) is 0 Å². The first-order valence-electron chi connectivity index (χ1n) is 3.64. The maximum absolute atomic E-state index is 9.24. The predicted octanol–water partition coefficient (Wildman–Crippen LogP) is -2.83. The number of halogens is 1. The van der Waals surface area contributed by atoms with Crippen LogP contribution in [0.3, 0.4) is 0 Å². The standard InChI is InChI=1S/C6H13NO5.ClH/c7-3-4(9)2(1-8)12-6(11)5(3)10;/h2-6,8-11H,1,7H2;1H/t2?,3-,4+,5?,6?;/m0./s1. The van der Waals surface area contributed by atoms with Gasteiger partial charge in [-0.15, -0.1) is 12.4 Å². The molecule has 1 saturated heterocycles. The Labute approximate surface area is 81.3 Å². The van der Waals surface area contributed by atoms with Crippen LogP contribution in [-0.2, 0) is 4.74 Å². The topological polar surface area (TPSA) is 116 Å². The first-order valence-corrected chi connectivity index (χ1v) is 3.64. The molecule has 0 aliphatic carbocycles. The Balaban J connectivity index is 0.00000144. The van der Waals surface area contributed by atoms with Crippen molar-refractivity contribution >= 4 is 12.4 Å². The minimum absolute atomic E-state index is 0. The molecule has 7 heteroatoms. The summed E-state index contributed by atoms with van der Waals surface area (Å²) in [6.45, 7) is -0.446. The van der Waals surface area contributed by atoms with Gasteiger partial charge in [0.05, 0.1) is 12.6 Å². The van der Waals surface area contributed by atoms with Crippen LogP contribution in [0, 0.1) is 0 Å². The Hall–Kier alpha value is 0.0500. The lowest BCUT2D eigenvalue weighted by Crippen LogP contribution is -2.62. The number of hydrogen-bond acceptors (Lipinski definition) is 6. The number of hydrogen-bond donors (Lipinski definition) is 5. The molecule has 0 radical (unpaired) electrons. The van der Waals surface area contributed by atoms with Gasteiger partial charge in [0.25, 0.3) is 0 Å². The lowest BCUT2D eigenvalue weighted by molar-refractivity contribution is -0.258. The second-order valence-corrected chi connectivity index (χ2v) is 2.81. The van der Waals surface area contributed by atoms with Crippen molar-refractivity contribution in [2.24, 2.45) is 5.73 Å². The Morgan fingerprint density at radius 2 is 1.69 bits per heavy atom. The highest BCUT2D eigenvalue weighted by atomic mass is 35.5. The summed E-state index contributed by atoms with van der Waals surface area (Å²) in [5, 5.41) is 36.0. The highest BCUT2D eigenvalue weighted by Gasteiger charge is 2.41. The molecule has 1 aliphatic heterocycles. The summed E-state index contributed by atoms with van der Waals surface area (Å²) in [6.07, 6.45) is -4.85. The molecule has 0 spiro atoms. The van der Waals surface area contributed by atoms with Crippen molar-refractivity contribution in [3.05, 3.63) is 0 Å². The highest BCUT2D eigenvalue weighted by Crippen LogP contribution is 2.17. The molecule has 0 aromatic rings. The van der Waals surface area contributed by atoms with E-state index in [0.29, 0.717) is 0 Å². The van der Waals surface area contributed by atoms with Gasteiger partial charge in [0.2, 0.25) is 0 Å². The highest BCUT2D eigenvalue weighted by molar-refractivity contribution is 5.85. The molecule has 6 nitrogen and oxygen atoms in total. The quantitative estimate of drug-likeness (QED) is 0.322. The molecule has 0 bridgehead atoms. The van der Waals surface area contributed by atoms with Gasteiger partial charge < -0.3 is 30.9 Å². The second kappa shape index (κ2) is 5.06. The van der Waals surface area contributed by atoms with Crippen LogP contribution >= 0.6 is 12.4 Å². The summed E-state index contributed by atoms with van der Waals surface area (Å²) in [7, 11) is 0. The van der Waals surface area contributed by atoms with Crippen molar-refractivity contribution in [2.75, 3.05) is 6.61 Å². The van der Waals surface area contributed by atoms with Crippen molar-refractivity contribution < 1.29 is 25.2 Å². The molecular weight excluding hydrogens is 202 g/mol. The number of aliphatic hydroxyl groups is 4. The van der Waals surface area contributed by atoms with Gasteiger partial charge in [0.15, 0.2) is 6.29 Å². The molecule has 6 N–H and O–H groups in total. The van der Waals surface area contributed by atoms with E-state index in [1.807, 2.05) is 0 Å². The molecule has 1 aliphatic rings. The van der Waals surface area contributed by atoms with Gasteiger partial charge in [-0.2, -0.15) is 0 Å².